The molecule has 0 N–H and O–H groups in total. The maximum atomic E-state index is 13.1. The number of likely N-dealkylation sites (tertiary alicyclic amines) is 1. The predicted octanol–water partition coefficient (Wildman–Crippen LogP) is 3.31. The van der Waals surface area contributed by atoms with Gasteiger partial charge in [0.2, 0.25) is 6.79 Å². The standard InChI is InChI=1S/C23H28N2O4/c1-2-24-12-6-7-19(24)15-25(23(26)16-27-20-8-4-3-5-9-20)14-18-10-11-21-22(13-18)29-17-28-21/h3-5,8-11,13,19H,2,6-7,12,14-17H2,1H3/t19-/m1/s1. The molecule has 0 bridgehead atoms. The lowest BCUT2D eigenvalue weighted by atomic mass is 10.1. The maximum absolute atomic E-state index is 13.1. The highest BCUT2D eigenvalue weighted by Gasteiger charge is 2.27. The summed E-state index contributed by atoms with van der Waals surface area (Å²) in [6, 6.07) is 15.7. The van der Waals surface area contributed by atoms with Gasteiger partial charge in [0.05, 0.1) is 0 Å². The molecule has 154 valence electrons. The highest BCUT2D eigenvalue weighted by Crippen LogP contribution is 2.33. The van der Waals surface area contributed by atoms with Crippen LogP contribution in [0.25, 0.3) is 0 Å². The smallest absolute Gasteiger partial charge is 0.260 e. The number of likely N-dealkylation sites (N-methyl/N-ethyl adjacent to an activating group) is 1. The Hall–Kier alpha value is -2.73. The van der Waals surface area contributed by atoms with Crippen LogP contribution in [0.4, 0.5) is 0 Å². The number of para-hydroxylation sites is 1. The Bertz CT molecular complexity index is 827. The van der Waals surface area contributed by atoms with E-state index in [4.69, 9.17) is 14.2 Å². The van der Waals surface area contributed by atoms with Gasteiger partial charge < -0.3 is 19.1 Å². The molecular weight excluding hydrogens is 368 g/mol. The maximum Gasteiger partial charge on any atom is 0.260 e. The predicted molar refractivity (Wildman–Crippen MR) is 110 cm³/mol. The molecule has 0 aromatic heterocycles. The molecule has 0 aliphatic carbocycles. The third-order valence-corrected chi connectivity index (χ3v) is 5.61. The van der Waals surface area contributed by atoms with Crippen molar-refractivity contribution in [3.8, 4) is 17.2 Å². The molecule has 2 aliphatic heterocycles. The molecule has 6 heteroatoms. The van der Waals surface area contributed by atoms with E-state index >= 15 is 0 Å². The van der Waals surface area contributed by atoms with Gasteiger partial charge >= 0.3 is 0 Å². The van der Waals surface area contributed by atoms with Gasteiger partial charge in [0, 0.05) is 19.1 Å². The molecule has 1 atom stereocenters. The summed E-state index contributed by atoms with van der Waals surface area (Å²) in [4.78, 5) is 17.4. The van der Waals surface area contributed by atoms with Gasteiger partial charge in [-0.1, -0.05) is 31.2 Å². The number of hydrogen-bond donors (Lipinski definition) is 0. The first kappa shape index (κ1) is 19.6. The quantitative estimate of drug-likeness (QED) is 0.685. The number of fused-ring (bicyclic) bond motifs is 1. The summed E-state index contributed by atoms with van der Waals surface area (Å²) in [6.07, 6.45) is 2.31. The average Bonchev–Trinajstić information content (AvgIpc) is 3.40. The van der Waals surface area contributed by atoms with Crippen LogP contribution in [0.5, 0.6) is 17.2 Å². The molecular formula is C23H28N2O4. The highest BCUT2D eigenvalue weighted by molar-refractivity contribution is 5.78. The number of benzene rings is 2. The van der Waals surface area contributed by atoms with Crippen LogP contribution in [0.1, 0.15) is 25.3 Å². The van der Waals surface area contributed by atoms with Crippen molar-refractivity contribution in [1.82, 2.24) is 9.80 Å². The van der Waals surface area contributed by atoms with Gasteiger partial charge in [-0.15, -0.1) is 0 Å². The summed E-state index contributed by atoms with van der Waals surface area (Å²) < 4.78 is 16.6. The van der Waals surface area contributed by atoms with E-state index in [1.165, 1.54) is 6.42 Å². The van der Waals surface area contributed by atoms with E-state index < -0.39 is 0 Å². The van der Waals surface area contributed by atoms with E-state index in [2.05, 4.69) is 11.8 Å². The fraction of sp³-hybridized carbons (Fsp3) is 0.435. The third-order valence-electron chi connectivity index (χ3n) is 5.61. The van der Waals surface area contributed by atoms with E-state index in [0.29, 0.717) is 24.9 Å². The lowest BCUT2D eigenvalue weighted by Crippen LogP contribution is -2.44. The zero-order chi connectivity index (χ0) is 20.1. The van der Waals surface area contributed by atoms with E-state index in [-0.39, 0.29) is 19.3 Å². The van der Waals surface area contributed by atoms with E-state index in [1.807, 2.05) is 53.4 Å². The minimum atomic E-state index is -0.00512. The summed E-state index contributed by atoms with van der Waals surface area (Å²) in [7, 11) is 0. The molecule has 29 heavy (non-hydrogen) atoms. The van der Waals surface area contributed by atoms with Gasteiger partial charge in [-0.3, -0.25) is 9.69 Å². The van der Waals surface area contributed by atoms with E-state index in [9.17, 15) is 4.79 Å². The topological polar surface area (TPSA) is 51.2 Å². The monoisotopic (exact) mass is 396 g/mol. The van der Waals surface area contributed by atoms with Crippen molar-refractivity contribution in [3.05, 3.63) is 54.1 Å². The average molecular weight is 396 g/mol. The van der Waals surface area contributed by atoms with Crippen LogP contribution in [0.15, 0.2) is 48.5 Å². The molecule has 2 aliphatic rings. The van der Waals surface area contributed by atoms with Crippen molar-refractivity contribution in [2.45, 2.75) is 32.4 Å². The first-order chi connectivity index (χ1) is 14.2. The fourth-order valence-electron chi connectivity index (χ4n) is 4.04. The second-order valence-electron chi connectivity index (χ2n) is 7.49. The van der Waals surface area contributed by atoms with Crippen LogP contribution >= 0.6 is 0 Å². The molecule has 2 aromatic carbocycles. The molecule has 4 rings (SSSR count). The number of amides is 1. The first-order valence-corrected chi connectivity index (χ1v) is 10.3. The molecule has 1 amide bonds. The van der Waals surface area contributed by atoms with Gasteiger partial charge in [0.25, 0.3) is 5.91 Å². The summed E-state index contributed by atoms with van der Waals surface area (Å²) in [5.41, 5.74) is 1.03. The second kappa shape index (κ2) is 9.18. The lowest BCUT2D eigenvalue weighted by Gasteiger charge is -2.30. The van der Waals surface area contributed by atoms with Crippen molar-refractivity contribution in [2.75, 3.05) is 33.0 Å². The molecule has 1 fully saturated rings. The Morgan fingerprint density at radius 1 is 1.17 bits per heavy atom. The number of nitrogens with zero attached hydrogens (tertiary/aromatic N) is 2. The molecule has 0 saturated carbocycles. The van der Waals surface area contributed by atoms with Crippen LogP contribution in [0, 0.1) is 0 Å². The van der Waals surface area contributed by atoms with E-state index in [1.54, 1.807) is 0 Å². The summed E-state index contributed by atoms with van der Waals surface area (Å²) in [6.45, 7) is 5.82. The van der Waals surface area contributed by atoms with E-state index in [0.717, 1.165) is 36.6 Å². The van der Waals surface area contributed by atoms with Gasteiger partial charge in [0.1, 0.15) is 5.75 Å². The second-order valence-corrected chi connectivity index (χ2v) is 7.49. The van der Waals surface area contributed by atoms with Crippen LogP contribution < -0.4 is 14.2 Å². The number of hydrogen-bond acceptors (Lipinski definition) is 5. The zero-order valence-corrected chi connectivity index (χ0v) is 16.9. The van der Waals surface area contributed by atoms with Gasteiger partial charge in [0.15, 0.2) is 18.1 Å². The highest BCUT2D eigenvalue weighted by atomic mass is 16.7. The Morgan fingerprint density at radius 3 is 2.83 bits per heavy atom. The molecule has 0 spiro atoms. The zero-order valence-electron chi connectivity index (χ0n) is 16.9. The van der Waals surface area contributed by atoms with Crippen LogP contribution in [0.3, 0.4) is 0 Å². The van der Waals surface area contributed by atoms with Crippen LogP contribution in [-0.4, -0.2) is 54.8 Å². The summed E-state index contributed by atoms with van der Waals surface area (Å²) in [5.74, 6) is 2.20. The minimum absolute atomic E-state index is 0.00512. The third kappa shape index (κ3) is 4.82. The Balaban J connectivity index is 1.46. The van der Waals surface area contributed by atoms with Gasteiger partial charge in [-0.05, 0) is 55.8 Å². The first-order valence-electron chi connectivity index (χ1n) is 10.3. The van der Waals surface area contributed by atoms with Crippen LogP contribution in [0.2, 0.25) is 0 Å². The molecule has 2 heterocycles. The largest absolute Gasteiger partial charge is 0.484 e. The Labute approximate surface area is 172 Å². The number of carbonyl (C=O) groups excluding carboxylic acids is 1. The van der Waals surface area contributed by atoms with Crippen molar-refractivity contribution in [1.29, 1.82) is 0 Å². The number of ether oxygens (including phenoxy) is 3. The van der Waals surface area contributed by atoms with Crippen molar-refractivity contribution < 1.29 is 19.0 Å². The molecule has 6 nitrogen and oxygen atoms in total. The lowest BCUT2D eigenvalue weighted by molar-refractivity contribution is -0.134. The van der Waals surface area contributed by atoms with Crippen molar-refractivity contribution in [3.63, 3.8) is 0 Å². The van der Waals surface area contributed by atoms with Gasteiger partial charge in [-0.25, -0.2) is 0 Å². The number of rotatable bonds is 8. The Morgan fingerprint density at radius 2 is 2.00 bits per heavy atom. The van der Waals surface area contributed by atoms with Crippen molar-refractivity contribution >= 4 is 5.91 Å². The van der Waals surface area contributed by atoms with Crippen molar-refractivity contribution in [2.24, 2.45) is 0 Å². The number of carbonyl (C=O) groups is 1. The van der Waals surface area contributed by atoms with Gasteiger partial charge in [-0.2, -0.15) is 0 Å². The molecule has 0 radical (unpaired) electrons. The molecule has 1 saturated heterocycles. The summed E-state index contributed by atoms with van der Waals surface area (Å²) >= 11 is 0. The molecule has 0 unspecified atom stereocenters. The van der Waals surface area contributed by atoms with Crippen LogP contribution in [-0.2, 0) is 11.3 Å². The molecule has 2 aromatic rings. The summed E-state index contributed by atoms with van der Waals surface area (Å²) in [5, 5.41) is 0. The minimum Gasteiger partial charge on any atom is -0.484 e. The normalized spacial score (nSPS) is 18.0. The Kier molecular flexibility index (Phi) is 6.20. The SMILES string of the molecule is CCN1CCC[C@@H]1CN(Cc1ccc2c(c1)OCO2)C(=O)COc1ccccc1. The fourth-order valence-corrected chi connectivity index (χ4v) is 4.04.